The van der Waals surface area contributed by atoms with Gasteiger partial charge in [0.1, 0.15) is 11.4 Å². The average Bonchev–Trinajstić information content (AvgIpc) is 3.16. The number of fused-ring (bicyclic) bond motifs is 3. The lowest BCUT2D eigenvalue weighted by Gasteiger charge is -2.15. The maximum absolute atomic E-state index is 9.44. The van der Waals surface area contributed by atoms with Gasteiger partial charge >= 0.3 is 0 Å². The van der Waals surface area contributed by atoms with Crippen LogP contribution in [0.4, 0.5) is 5.69 Å². The lowest BCUT2D eigenvalue weighted by Crippen LogP contribution is -2.24. The van der Waals surface area contributed by atoms with Gasteiger partial charge in [-0.3, -0.25) is 4.57 Å². The Morgan fingerprint density at radius 1 is 0.833 bits per heavy atom. The van der Waals surface area contributed by atoms with Gasteiger partial charge in [0.05, 0.1) is 16.6 Å². The van der Waals surface area contributed by atoms with E-state index in [-0.39, 0.29) is 0 Å². The number of nitrogens with one attached hydrogen (secondary N) is 2. The van der Waals surface area contributed by atoms with E-state index in [1.807, 2.05) is 12.1 Å². The number of anilines is 1. The zero-order valence-corrected chi connectivity index (χ0v) is 21.5. The fourth-order valence-electron chi connectivity index (χ4n) is 5.27. The number of aromatic hydroxyl groups is 1. The summed E-state index contributed by atoms with van der Waals surface area (Å²) in [5.74, 6) is 0.309. The van der Waals surface area contributed by atoms with E-state index in [1.165, 1.54) is 44.2 Å². The number of hydrogen-bond acceptors (Lipinski definition) is 4. The van der Waals surface area contributed by atoms with Gasteiger partial charge in [0.2, 0.25) is 0 Å². The van der Waals surface area contributed by atoms with Crippen LogP contribution >= 0.6 is 0 Å². The molecule has 5 aromatic rings. The van der Waals surface area contributed by atoms with Crippen molar-refractivity contribution in [1.29, 1.82) is 0 Å². The van der Waals surface area contributed by atoms with Crippen LogP contribution in [-0.4, -0.2) is 34.3 Å². The second kappa shape index (κ2) is 10.0. The average molecular weight is 479 g/mol. The summed E-state index contributed by atoms with van der Waals surface area (Å²) in [4.78, 5) is 5.04. The summed E-state index contributed by atoms with van der Waals surface area (Å²) in [7, 11) is 0. The molecule has 0 radical (unpaired) electrons. The lowest BCUT2D eigenvalue weighted by atomic mass is 10.0. The van der Waals surface area contributed by atoms with Gasteiger partial charge in [-0.25, -0.2) is 4.98 Å². The summed E-state index contributed by atoms with van der Waals surface area (Å²) < 4.78 is 2.34. The highest BCUT2D eigenvalue weighted by atomic mass is 16.3. The monoisotopic (exact) mass is 478 g/mol. The van der Waals surface area contributed by atoms with E-state index in [9.17, 15) is 5.11 Å². The molecule has 0 bridgehead atoms. The molecule has 0 unspecified atom stereocenters. The van der Waals surface area contributed by atoms with Crippen molar-refractivity contribution in [3.63, 3.8) is 0 Å². The molecule has 0 saturated carbocycles. The maximum Gasteiger partial charge on any atom is 0.147 e. The summed E-state index contributed by atoms with van der Waals surface area (Å²) in [5, 5.41) is 19.0. The molecule has 2 aromatic heterocycles. The fourth-order valence-corrected chi connectivity index (χ4v) is 5.27. The first-order valence-corrected chi connectivity index (χ1v) is 12.6. The third kappa shape index (κ3) is 4.67. The molecule has 0 atom stereocenters. The number of rotatable bonds is 8. The van der Waals surface area contributed by atoms with Crippen molar-refractivity contribution < 1.29 is 5.11 Å². The first-order chi connectivity index (χ1) is 17.4. The number of aromatic nitrogens is 2. The van der Waals surface area contributed by atoms with Crippen molar-refractivity contribution in [3.05, 3.63) is 94.7 Å². The van der Waals surface area contributed by atoms with Gasteiger partial charge in [0.25, 0.3) is 0 Å². The highest BCUT2D eigenvalue weighted by Crippen LogP contribution is 2.37. The first kappa shape index (κ1) is 23.9. The first-order valence-electron chi connectivity index (χ1n) is 12.6. The van der Waals surface area contributed by atoms with Crippen LogP contribution in [-0.2, 0) is 6.42 Å². The molecule has 5 heteroatoms. The molecule has 0 amide bonds. The highest BCUT2D eigenvalue weighted by Gasteiger charge is 2.19. The van der Waals surface area contributed by atoms with Crippen LogP contribution in [0.1, 0.15) is 27.9 Å². The van der Waals surface area contributed by atoms with Gasteiger partial charge in [0.15, 0.2) is 0 Å². The predicted molar refractivity (Wildman–Crippen MR) is 151 cm³/mol. The molecule has 5 rings (SSSR count). The van der Waals surface area contributed by atoms with Gasteiger partial charge in [-0.15, -0.1) is 0 Å². The minimum atomic E-state index is 0.309. The molecule has 0 fully saturated rings. The molecule has 3 N–H and O–H groups in total. The zero-order chi connectivity index (χ0) is 25.2. The number of benzene rings is 3. The van der Waals surface area contributed by atoms with Crippen LogP contribution < -0.4 is 10.6 Å². The number of aryl methyl sites for hydroxylation is 4. The van der Waals surface area contributed by atoms with E-state index in [0.29, 0.717) is 5.75 Å². The van der Waals surface area contributed by atoms with Crippen LogP contribution in [0.3, 0.4) is 0 Å². The smallest absolute Gasteiger partial charge is 0.147 e. The Morgan fingerprint density at radius 3 is 2.31 bits per heavy atom. The summed E-state index contributed by atoms with van der Waals surface area (Å²) in [5.41, 5.74) is 10.5. The standard InChI is InChI=1S/C31H34N4O/c1-20-17-21(2)30(22(3)18-20)35-28-8-6-5-7-26(28)29-27(19-23(4)34-31(29)35)33-16-15-32-14-13-24-9-11-25(36)12-10-24/h5-12,17-19,32,36H,13-16H2,1-4H3,(H,33,34). The van der Waals surface area contributed by atoms with Crippen molar-refractivity contribution in [2.24, 2.45) is 0 Å². The number of pyridine rings is 1. The SMILES string of the molecule is Cc1cc(C)c(-n2c3ccccc3c3c(NCCNCCc4ccc(O)cc4)cc(C)nc32)c(C)c1. The van der Waals surface area contributed by atoms with Crippen molar-refractivity contribution in [2.75, 3.05) is 25.0 Å². The third-order valence-corrected chi connectivity index (χ3v) is 6.76. The molecule has 184 valence electrons. The molecular weight excluding hydrogens is 444 g/mol. The number of phenols is 1. The number of nitrogens with zero attached hydrogens (tertiary/aromatic N) is 2. The summed E-state index contributed by atoms with van der Waals surface area (Å²) in [6.45, 7) is 11.2. The normalized spacial score (nSPS) is 11.4. The van der Waals surface area contributed by atoms with E-state index in [4.69, 9.17) is 4.98 Å². The number of para-hydroxylation sites is 1. The van der Waals surface area contributed by atoms with Crippen molar-refractivity contribution in [3.8, 4) is 11.4 Å². The maximum atomic E-state index is 9.44. The largest absolute Gasteiger partial charge is 0.508 e. The minimum Gasteiger partial charge on any atom is -0.508 e. The van der Waals surface area contributed by atoms with Crippen LogP contribution in [0.2, 0.25) is 0 Å². The zero-order valence-electron chi connectivity index (χ0n) is 21.5. The van der Waals surface area contributed by atoms with Gasteiger partial charge in [0, 0.05) is 29.9 Å². The Labute approximate surface area is 212 Å². The number of hydrogen-bond donors (Lipinski definition) is 3. The molecule has 0 aliphatic carbocycles. The summed E-state index contributed by atoms with van der Waals surface area (Å²) in [6, 6.07) is 22.7. The van der Waals surface area contributed by atoms with Gasteiger partial charge in [-0.2, -0.15) is 0 Å². The Bertz CT molecular complexity index is 1510. The Hall–Kier alpha value is -3.83. The minimum absolute atomic E-state index is 0.309. The van der Waals surface area contributed by atoms with Gasteiger partial charge < -0.3 is 15.7 Å². The molecule has 0 aliphatic heterocycles. The Morgan fingerprint density at radius 2 is 1.56 bits per heavy atom. The molecule has 0 aliphatic rings. The molecule has 2 heterocycles. The highest BCUT2D eigenvalue weighted by molar-refractivity contribution is 6.13. The quantitative estimate of drug-likeness (QED) is 0.227. The van der Waals surface area contributed by atoms with Crippen molar-refractivity contribution in [2.45, 2.75) is 34.1 Å². The summed E-state index contributed by atoms with van der Waals surface area (Å²) >= 11 is 0. The molecule has 5 nitrogen and oxygen atoms in total. The Kier molecular flexibility index (Phi) is 6.66. The second-order valence-corrected chi connectivity index (χ2v) is 9.70. The summed E-state index contributed by atoms with van der Waals surface area (Å²) in [6.07, 6.45) is 0.932. The molecule has 36 heavy (non-hydrogen) atoms. The van der Waals surface area contributed by atoms with E-state index in [0.717, 1.165) is 43.1 Å². The van der Waals surface area contributed by atoms with Gasteiger partial charge in [-0.05, 0) is 81.6 Å². The van der Waals surface area contributed by atoms with Crippen LogP contribution in [0.25, 0.3) is 27.6 Å². The van der Waals surface area contributed by atoms with Crippen molar-refractivity contribution >= 4 is 27.6 Å². The number of phenolic OH excluding ortho intramolecular Hbond substituents is 1. The molecule has 0 saturated heterocycles. The van der Waals surface area contributed by atoms with Crippen LogP contribution in [0.5, 0.6) is 5.75 Å². The van der Waals surface area contributed by atoms with E-state index >= 15 is 0 Å². The lowest BCUT2D eigenvalue weighted by molar-refractivity contribution is 0.475. The molecular formula is C31H34N4O. The fraction of sp³-hybridized carbons (Fsp3) is 0.258. The topological polar surface area (TPSA) is 62.1 Å². The predicted octanol–water partition coefficient (Wildman–Crippen LogP) is 6.36. The Balaban J connectivity index is 1.43. The van der Waals surface area contributed by atoms with E-state index < -0.39 is 0 Å². The van der Waals surface area contributed by atoms with Crippen LogP contribution in [0, 0.1) is 27.7 Å². The molecule has 3 aromatic carbocycles. The van der Waals surface area contributed by atoms with E-state index in [1.54, 1.807) is 12.1 Å². The van der Waals surface area contributed by atoms with E-state index in [2.05, 4.69) is 85.4 Å². The second-order valence-electron chi connectivity index (χ2n) is 9.70. The van der Waals surface area contributed by atoms with Gasteiger partial charge in [-0.1, -0.05) is 48.0 Å². The van der Waals surface area contributed by atoms with Crippen molar-refractivity contribution in [1.82, 2.24) is 14.9 Å². The third-order valence-electron chi connectivity index (χ3n) is 6.76. The van der Waals surface area contributed by atoms with Crippen LogP contribution in [0.15, 0.2) is 66.7 Å². The molecule has 0 spiro atoms.